The number of hydrogen-bond donors (Lipinski definition) is 0. The van der Waals surface area contributed by atoms with E-state index in [9.17, 15) is 4.79 Å². The van der Waals surface area contributed by atoms with Gasteiger partial charge in [0.05, 0.1) is 0 Å². The maximum absolute atomic E-state index is 12.5. The fraction of sp³-hybridized carbons (Fsp3) is 0.708. The van der Waals surface area contributed by atoms with E-state index in [4.69, 9.17) is 0 Å². The van der Waals surface area contributed by atoms with Crippen molar-refractivity contribution >= 4 is 5.91 Å². The lowest BCUT2D eigenvalue weighted by molar-refractivity contribution is -0.133. The minimum absolute atomic E-state index is 0.108. The smallest absolute Gasteiger partial charge is 0.225 e. The molecule has 27 heavy (non-hydrogen) atoms. The van der Waals surface area contributed by atoms with Crippen LogP contribution in [0.1, 0.15) is 46.5 Å². The molecule has 0 aromatic carbocycles. The van der Waals surface area contributed by atoms with E-state index in [2.05, 4.69) is 41.0 Å². The molecule has 0 bridgehead atoms. The van der Waals surface area contributed by atoms with Crippen LogP contribution in [0.5, 0.6) is 0 Å². The minimum Gasteiger partial charge on any atom is -0.342 e. The molecule has 0 aromatic heterocycles. The Balaban J connectivity index is 1.35. The van der Waals surface area contributed by atoms with Crippen molar-refractivity contribution in [3.05, 3.63) is 35.5 Å². The number of fused-ring (bicyclic) bond motifs is 1. The topological polar surface area (TPSA) is 23.6 Å². The fourth-order valence-corrected chi connectivity index (χ4v) is 5.52. The quantitative estimate of drug-likeness (QED) is 0.723. The Morgan fingerprint density at radius 2 is 2.00 bits per heavy atom. The molecule has 2 aliphatic heterocycles. The Morgan fingerprint density at radius 3 is 2.67 bits per heavy atom. The highest BCUT2D eigenvalue weighted by molar-refractivity contribution is 5.78. The van der Waals surface area contributed by atoms with Gasteiger partial charge in [-0.25, -0.2) is 0 Å². The van der Waals surface area contributed by atoms with E-state index in [0.29, 0.717) is 29.6 Å². The molecule has 2 saturated heterocycles. The Morgan fingerprint density at radius 1 is 1.22 bits per heavy atom. The van der Waals surface area contributed by atoms with Crippen LogP contribution in [0.2, 0.25) is 0 Å². The van der Waals surface area contributed by atoms with Gasteiger partial charge in [-0.05, 0) is 74.2 Å². The van der Waals surface area contributed by atoms with E-state index in [1.165, 1.54) is 56.5 Å². The van der Waals surface area contributed by atoms with Gasteiger partial charge in [0.15, 0.2) is 0 Å². The van der Waals surface area contributed by atoms with E-state index in [0.717, 1.165) is 13.1 Å². The van der Waals surface area contributed by atoms with Gasteiger partial charge in [-0.3, -0.25) is 4.79 Å². The van der Waals surface area contributed by atoms with E-state index >= 15 is 0 Å². The van der Waals surface area contributed by atoms with Crippen molar-refractivity contribution < 1.29 is 4.79 Å². The summed E-state index contributed by atoms with van der Waals surface area (Å²) >= 11 is 0. The molecule has 3 heteroatoms. The molecule has 0 radical (unpaired) electrons. The summed E-state index contributed by atoms with van der Waals surface area (Å²) in [7, 11) is 0. The third-order valence-electron chi connectivity index (χ3n) is 7.22. The molecule has 0 aromatic rings. The molecule has 0 saturated carbocycles. The van der Waals surface area contributed by atoms with E-state index in [1.54, 1.807) is 0 Å². The highest BCUT2D eigenvalue weighted by Gasteiger charge is 2.44. The summed E-state index contributed by atoms with van der Waals surface area (Å²) in [6.45, 7) is 12.1. The lowest BCUT2D eigenvalue weighted by Crippen LogP contribution is -2.33. The maximum atomic E-state index is 12.5. The summed E-state index contributed by atoms with van der Waals surface area (Å²) in [5.74, 6) is 2.87. The number of carbonyl (C=O) groups excluding carboxylic acids is 1. The molecule has 4 unspecified atom stereocenters. The average molecular weight is 369 g/mol. The van der Waals surface area contributed by atoms with Crippen molar-refractivity contribution in [1.29, 1.82) is 0 Å². The first-order chi connectivity index (χ1) is 13.0. The number of allylic oxidation sites excluding steroid dienone is 5. The van der Waals surface area contributed by atoms with Crippen LogP contribution < -0.4 is 0 Å². The van der Waals surface area contributed by atoms with Crippen molar-refractivity contribution in [1.82, 2.24) is 9.80 Å². The number of nitrogens with zero attached hydrogens (tertiary/aromatic N) is 2. The first-order valence-corrected chi connectivity index (χ1v) is 11.1. The lowest BCUT2D eigenvalue weighted by atomic mass is 9.84. The zero-order valence-corrected chi connectivity index (χ0v) is 17.4. The Labute approximate surface area is 165 Å². The van der Waals surface area contributed by atoms with Gasteiger partial charge in [0, 0.05) is 24.9 Å². The standard InChI is InChI=1S/C24H36N2O/c1-17(2)24(27)26-15-22-18(3)14-21(23(22)16-26)20-8-6-19(7-9-20)10-13-25-11-4-5-12-25/h6,8-9,14,17-19,22-23H,4-5,7,10-13,15-16H2,1-3H3. The van der Waals surface area contributed by atoms with Gasteiger partial charge in [0.1, 0.15) is 0 Å². The molecular weight excluding hydrogens is 332 g/mol. The Kier molecular flexibility index (Phi) is 5.59. The van der Waals surface area contributed by atoms with Crippen LogP contribution in [0.25, 0.3) is 0 Å². The second-order valence-electron chi connectivity index (χ2n) is 9.50. The first kappa shape index (κ1) is 19.0. The number of likely N-dealkylation sites (tertiary alicyclic amines) is 2. The third kappa shape index (κ3) is 3.94. The summed E-state index contributed by atoms with van der Waals surface area (Å²) < 4.78 is 0. The normalized spacial score (nSPS) is 33.6. The average Bonchev–Trinajstić information content (AvgIpc) is 3.38. The molecule has 0 N–H and O–H groups in total. The highest BCUT2D eigenvalue weighted by Crippen LogP contribution is 2.45. The summed E-state index contributed by atoms with van der Waals surface area (Å²) in [5, 5.41) is 0. The van der Waals surface area contributed by atoms with Gasteiger partial charge < -0.3 is 9.80 Å². The third-order valence-corrected chi connectivity index (χ3v) is 7.22. The van der Waals surface area contributed by atoms with Crippen LogP contribution in [0.4, 0.5) is 0 Å². The molecule has 4 atom stereocenters. The van der Waals surface area contributed by atoms with Gasteiger partial charge in [0.25, 0.3) is 0 Å². The van der Waals surface area contributed by atoms with Crippen LogP contribution >= 0.6 is 0 Å². The largest absolute Gasteiger partial charge is 0.342 e. The van der Waals surface area contributed by atoms with Crippen molar-refractivity contribution in [3.8, 4) is 0 Å². The van der Waals surface area contributed by atoms with E-state index in [1.807, 2.05) is 13.8 Å². The molecule has 2 heterocycles. The van der Waals surface area contributed by atoms with Crippen molar-refractivity contribution in [2.24, 2.45) is 29.6 Å². The molecule has 1 amide bonds. The molecule has 3 nitrogen and oxygen atoms in total. The summed E-state index contributed by atoms with van der Waals surface area (Å²) in [6, 6.07) is 0. The molecule has 148 valence electrons. The van der Waals surface area contributed by atoms with E-state index < -0.39 is 0 Å². The predicted molar refractivity (Wildman–Crippen MR) is 111 cm³/mol. The molecule has 4 aliphatic rings. The molecule has 2 fully saturated rings. The van der Waals surface area contributed by atoms with Crippen LogP contribution in [-0.2, 0) is 4.79 Å². The maximum Gasteiger partial charge on any atom is 0.225 e. The molecule has 2 aliphatic carbocycles. The zero-order valence-electron chi connectivity index (χ0n) is 17.4. The van der Waals surface area contributed by atoms with Gasteiger partial charge in [0.2, 0.25) is 5.91 Å². The second-order valence-corrected chi connectivity index (χ2v) is 9.50. The number of hydrogen-bond acceptors (Lipinski definition) is 2. The second kappa shape index (κ2) is 7.95. The van der Waals surface area contributed by atoms with Crippen LogP contribution in [0.3, 0.4) is 0 Å². The van der Waals surface area contributed by atoms with Gasteiger partial charge in [-0.2, -0.15) is 0 Å². The SMILES string of the molecule is CC(C)C(=O)N1CC2C(C3=CCC(CCN4CCCC4)C=C3)=CC(C)C2C1. The van der Waals surface area contributed by atoms with Gasteiger partial charge in [-0.15, -0.1) is 0 Å². The van der Waals surface area contributed by atoms with Crippen LogP contribution in [0, 0.1) is 29.6 Å². The van der Waals surface area contributed by atoms with E-state index in [-0.39, 0.29) is 5.92 Å². The predicted octanol–water partition coefficient (Wildman–Crippen LogP) is 4.28. The molecular formula is C24H36N2O. The Bertz CT molecular complexity index is 653. The summed E-state index contributed by atoms with van der Waals surface area (Å²) in [6.07, 6.45) is 15.0. The summed E-state index contributed by atoms with van der Waals surface area (Å²) in [5.41, 5.74) is 2.95. The Hall–Kier alpha value is -1.35. The van der Waals surface area contributed by atoms with Crippen molar-refractivity contribution in [2.45, 2.75) is 46.5 Å². The van der Waals surface area contributed by atoms with Crippen molar-refractivity contribution in [2.75, 3.05) is 32.7 Å². The van der Waals surface area contributed by atoms with Crippen molar-refractivity contribution in [3.63, 3.8) is 0 Å². The zero-order chi connectivity index (χ0) is 19.0. The first-order valence-electron chi connectivity index (χ1n) is 11.1. The number of amides is 1. The number of carbonyl (C=O) groups is 1. The van der Waals surface area contributed by atoms with Crippen LogP contribution in [0.15, 0.2) is 35.5 Å². The minimum atomic E-state index is 0.108. The highest BCUT2D eigenvalue weighted by atomic mass is 16.2. The molecule has 4 rings (SSSR count). The summed E-state index contributed by atoms with van der Waals surface area (Å²) in [4.78, 5) is 17.2. The fourth-order valence-electron chi connectivity index (χ4n) is 5.52. The van der Waals surface area contributed by atoms with Gasteiger partial charge in [-0.1, -0.05) is 45.1 Å². The number of rotatable bonds is 5. The van der Waals surface area contributed by atoms with Crippen LogP contribution in [-0.4, -0.2) is 48.4 Å². The monoisotopic (exact) mass is 368 g/mol. The molecule has 0 spiro atoms. The lowest BCUT2D eigenvalue weighted by Gasteiger charge is -2.23. The van der Waals surface area contributed by atoms with Gasteiger partial charge >= 0.3 is 0 Å².